The van der Waals surface area contributed by atoms with E-state index in [1.165, 1.54) is 70.6 Å². The molecule has 0 heterocycles. The Hall–Kier alpha value is -0.0600. The van der Waals surface area contributed by atoms with Crippen LogP contribution >= 0.6 is 12.3 Å². The lowest BCUT2D eigenvalue weighted by Gasteiger charge is -2.15. The third-order valence-corrected chi connectivity index (χ3v) is 4.71. The van der Waals surface area contributed by atoms with Gasteiger partial charge in [-0.15, -0.1) is 0 Å². The number of carbonyl (C=O) groups excluding carboxylic acids is 1. The van der Waals surface area contributed by atoms with Crippen molar-refractivity contribution < 1.29 is 13.2 Å². The lowest BCUT2D eigenvalue weighted by molar-refractivity contribution is -0.107. The van der Waals surface area contributed by atoms with Crippen molar-refractivity contribution in [2.24, 2.45) is 0 Å². The van der Waals surface area contributed by atoms with E-state index in [4.69, 9.17) is 8.37 Å². The highest BCUT2D eigenvalue weighted by molar-refractivity contribution is 7.89. The van der Waals surface area contributed by atoms with E-state index in [0.29, 0.717) is 6.10 Å². The van der Waals surface area contributed by atoms with Crippen molar-refractivity contribution in [1.82, 2.24) is 0 Å². The Morgan fingerprint density at radius 3 is 1.87 bits per heavy atom. The van der Waals surface area contributed by atoms with Crippen LogP contribution in [0.15, 0.2) is 0 Å². The van der Waals surface area contributed by atoms with Crippen LogP contribution in [0.5, 0.6) is 0 Å². The molecule has 4 heteroatoms. The lowest BCUT2D eigenvalue weighted by atomic mass is 10.0. The Balaban J connectivity index is 3.47. The lowest BCUT2D eigenvalue weighted by Crippen LogP contribution is -2.09. The van der Waals surface area contributed by atoms with Crippen LogP contribution in [0.25, 0.3) is 0 Å². The normalized spacial score (nSPS) is 12.4. The summed E-state index contributed by atoms with van der Waals surface area (Å²) >= 11 is 1.14. The predicted molar refractivity (Wildman–Crippen MR) is 100 cm³/mol. The molecule has 0 aromatic rings. The fourth-order valence-electron chi connectivity index (χ4n) is 2.79. The van der Waals surface area contributed by atoms with Gasteiger partial charge in [0.25, 0.3) is 0 Å². The molecule has 0 rings (SSSR count). The van der Waals surface area contributed by atoms with E-state index < -0.39 is 0 Å². The molecule has 0 aliphatic carbocycles. The zero-order chi connectivity index (χ0) is 17.0. The first-order valence-electron chi connectivity index (χ1n) is 9.64. The SMILES string of the molecule is CCCCCCC(CCCCCCCCCCC=O)OSOC. The molecule has 0 aliphatic rings. The molecular formula is C19H38O3S. The number of unbranched alkanes of at least 4 members (excludes halogenated alkanes) is 11. The summed E-state index contributed by atoms with van der Waals surface area (Å²) in [5.74, 6) is 0. The fourth-order valence-corrected chi connectivity index (χ4v) is 3.18. The van der Waals surface area contributed by atoms with Crippen molar-refractivity contribution in [3.8, 4) is 0 Å². The molecule has 1 atom stereocenters. The van der Waals surface area contributed by atoms with E-state index in [1.54, 1.807) is 7.11 Å². The summed E-state index contributed by atoms with van der Waals surface area (Å²) in [6.45, 7) is 2.25. The quantitative estimate of drug-likeness (QED) is 0.149. The Bertz CT molecular complexity index is 237. The first-order chi connectivity index (χ1) is 11.3. The molecular weight excluding hydrogens is 308 g/mol. The second kappa shape index (κ2) is 20.0. The van der Waals surface area contributed by atoms with Gasteiger partial charge in [0.1, 0.15) is 6.29 Å². The average molecular weight is 347 g/mol. The topological polar surface area (TPSA) is 35.5 Å². The molecule has 0 radical (unpaired) electrons. The Morgan fingerprint density at radius 2 is 1.35 bits per heavy atom. The van der Waals surface area contributed by atoms with Gasteiger partial charge in [-0.1, -0.05) is 77.6 Å². The van der Waals surface area contributed by atoms with Crippen LogP contribution in [0.4, 0.5) is 0 Å². The summed E-state index contributed by atoms with van der Waals surface area (Å²) in [5, 5.41) is 0. The van der Waals surface area contributed by atoms with Gasteiger partial charge < -0.3 is 4.79 Å². The summed E-state index contributed by atoms with van der Waals surface area (Å²) in [6, 6.07) is 0. The van der Waals surface area contributed by atoms with Gasteiger partial charge in [0.2, 0.25) is 0 Å². The molecule has 0 bridgehead atoms. The number of carbonyl (C=O) groups is 1. The van der Waals surface area contributed by atoms with E-state index in [0.717, 1.165) is 44.3 Å². The van der Waals surface area contributed by atoms with Crippen molar-refractivity contribution in [3.63, 3.8) is 0 Å². The molecule has 3 nitrogen and oxygen atoms in total. The zero-order valence-corrected chi connectivity index (χ0v) is 16.2. The molecule has 0 spiro atoms. The molecule has 0 aromatic heterocycles. The molecule has 0 aliphatic heterocycles. The van der Waals surface area contributed by atoms with Gasteiger partial charge in [0, 0.05) is 6.42 Å². The van der Waals surface area contributed by atoms with Gasteiger partial charge in [0.15, 0.2) is 12.3 Å². The van der Waals surface area contributed by atoms with Crippen LogP contribution in [0.3, 0.4) is 0 Å². The molecule has 1 unspecified atom stereocenters. The maximum atomic E-state index is 10.2. The average Bonchev–Trinajstić information content (AvgIpc) is 2.57. The summed E-state index contributed by atoms with van der Waals surface area (Å²) in [4.78, 5) is 10.2. The van der Waals surface area contributed by atoms with E-state index in [2.05, 4.69) is 6.92 Å². The standard InChI is InChI=1S/C19H38O3S/c1-3-4-5-13-16-19(22-23-21-2)17-14-11-9-7-6-8-10-12-15-18-20/h18-19H,3-17H2,1-2H3. The van der Waals surface area contributed by atoms with Crippen LogP contribution < -0.4 is 0 Å². The number of hydrogen-bond acceptors (Lipinski definition) is 4. The molecule has 0 saturated carbocycles. The maximum Gasteiger partial charge on any atom is 0.158 e. The van der Waals surface area contributed by atoms with E-state index in [9.17, 15) is 4.79 Å². The van der Waals surface area contributed by atoms with E-state index in [1.807, 2.05) is 0 Å². The molecule has 23 heavy (non-hydrogen) atoms. The second-order valence-corrected chi connectivity index (χ2v) is 7.04. The van der Waals surface area contributed by atoms with Crippen molar-refractivity contribution in [1.29, 1.82) is 0 Å². The summed E-state index contributed by atoms with van der Waals surface area (Å²) < 4.78 is 10.7. The Labute approximate surface area is 148 Å². The molecule has 0 aromatic carbocycles. The summed E-state index contributed by atoms with van der Waals surface area (Å²) in [6.07, 6.45) is 19.7. The van der Waals surface area contributed by atoms with Gasteiger partial charge >= 0.3 is 0 Å². The van der Waals surface area contributed by atoms with E-state index in [-0.39, 0.29) is 0 Å². The van der Waals surface area contributed by atoms with Crippen LogP contribution in [0, 0.1) is 0 Å². The molecule has 0 fully saturated rings. The van der Waals surface area contributed by atoms with Crippen molar-refractivity contribution in [2.75, 3.05) is 7.11 Å². The highest BCUT2D eigenvalue weighted by Crippen LogP contribution is 2.20. The Morgan fingerprint density at radius 1 is 0.826 bits per heavy atom. The van der Waals surface area contributed by atoms with Crippen molar-refractivity contribution >= 4 is 18.6 Å². The maximum absolute atomic E-state index is 10.2. The largest absolute Gasteiger partial charge is 0.303 e. The van der Waals surface area contributed by atoms with Gasteiger partial charge in [0.05, 0.1) is 13.2 Å². The van der Waals surface area contributed by atoms with Gasteiger partial charge in [-0.05, 0) is 19.3 Å². The van der Waals surface area contributed by atoms with Crippen molar-refractivity contribution in [3.05, 3.63) is 0 Å². The molecule has 0 saturated heterocycles. The Kier molecular flexibility index (Phi) is 19.9. The van der Waals surface area contributed by atoms with Crippen LogP contribution in [0.2, 0.25) is 0 Å². The number of aldehydes is 1. The van der Waals surface area contributed by atoms with Crippen LogP contribution in [-0.2, 0) is 13.2 Å². The highest BCUT2D eigenvalue weighted by atomic mass is 32.2. The first-order valence-corrected chi connectivity index (χ1v) is 10.3. The fraction of sp³-hybridized carbons (Fsp3) is 0.947. The summed E-state index contributed by atoms with van der Waals surface area (Å²) in [5.41, 5.74) is 0. The van der Waals surface area contributed by atoms with E-state index >= 15 is 0 Å². The smallest absolute Gasteiger partial charge is 0.158 e. The van der Waals surface area contributed by atoms with Gasteiger partial charge in [-0.2, -0.15) is 0 Å². The third kappa shape index (κ3) is 18.1. The molecule has 138 valence electrons. The second-order valence-electron chi connectivity index (χ2n) is 6.37. The van der Waals surface area contributed by atoms with Crippen LogP contribution in [-0.4, -0.2) is 19.5 Å². The summed E-state index contributed by atoms with van der Waals surface area (Å²) in [7, 11) is 1.66. The molecule has 0 N–H and O–H groups in total. The molecule has 0 amide bonds. The minimum Gasteiger partial charge on any atom is -0.303 e. The monoisotopic (exact) mass is 346 g/mol. The van der Waals surface area contributed by atoms with Gasteiger partial charge in [-0.25, -0.2) is 0 Å². The van der Waals surface area contributed by atoms with Crippen molar-refractivity contribution in [2.45, 2.75) is 109 Å². The third-order valence-electron chi connectivity index (χ3n) is 4.22. The number of rotatable bonds is 19. The minimum atomic E-state index is 0.347. The van der Waals surface area contributed by atoms with Gasteiger partial charge in [-0.3, -0.25) is 8.37 Å². The number of hydrogen-bond donors (Lipinski definition) is 0. The zero-order valence-electron chi connectivity index (χ0n) is 15.4. The highest BCUT2D eigenvalue weighted by Gasteiger charge is 2.09. The predicted octanol–water partition coefficient (Wildman–Crippen LogP) is 6.65. The van der Waals surface area contributed by atoms with Crippen LogP contribution in [0.1, 0.15) is 103 Å². The first kappa shape index (κ1) is 22.9. The minimum absolute atomic E-state index is 0.347.